The number of nitrogens with zero attached hydrogens (tertiary/aromatic N) is 2. The molecule has 0 N–H and O–H groups in total. The first-order valence-corrected chi connectivity index (χ1v) is 9.55. The Balaban J connectivity index is 2.10. The van der Waals surface area contributed by atoms with E-state index in [1.165, 1.54) is 5.56 Å². The lowest BCUT2D eigenvalue weighted by atomic mass is 10.1. The van der Waals surface area contributed by atoms with Gasteiger partial charge < -0.3 is 4.40 Å². The van der Waals surface area contributed by atoms with Crippen LogP contribution in [0.5, 0.6) is 0 Å². The SMILES string of the molecule is Cc1cc2nc(-c3ccccc3)c(CCOS(C)(=O)=O)n2cc1C. The third kappa shape index (κ3) is 3.49. The summed E-state index contributed by atoms with van der Waals surface area (Å²) in [6.45, 7) is 4.20. The lowest BCUT2D eigenvalue weighted by Gasteiger charge is -2.07. The Labute approximate surface area is 142 Å². The maximum absolute atomic E-state index is 11.2. The van der Waals surface area contributed by atoms with Gasteiger partial charge in [0.25, 0.3) is 10.1 Å². The number of aromatic nitrogens is 2. The monoisotopic (exact) mass is 344 g/mol. The van der Waals surface area contributed by atoms with Crippen LogP contribution in [0.25, 0.3) is 16.9 Å². The average Bonchev–Trinajstić information content (AvgIpc) is 2.85. The Hall–Kier alpha value is -2.18. The van der Waals surface area contributed by atoms with Crippen LogP contribution < -0.4 is 0 Å². The zero-order valence-corrected chi connectivity index (χ0v) is 14.8. The van der Waals surface area contributed by atoms with Crippen LogP contribution in [0.4, 0.5) is 0 Å². The highest BCUT2D eigenvalue weighted by Gasteiger charge is 2.15. The second-order valence-corrected chi connectivity index (χ2v) is 7.56. The van der Waals surface area contributed by atoms with E-state index in [1.807, 2.05) is 53.9 Å². The van der Waals surface area contributed by atoms with Crippen molar-refractivity contribution in [2.75, 3.05) is 12.9 Å². The molecule has 0 aliphatic rings. The molecule has 0 saturated heterocycles. The standard InChI is InChI=1S/C18H20N2O3S/c1-13-11-17-19-18(15-7-5-4-6-8-15)16(20(17)12-14(13)2)9-10-23-24(3,21)22/h4-8,11-12H,9-10H2,1-3H3. The zero-order chi connectivity index (χ0) is 17.3. The molecule has 1 aromatic carbocycles. The average molecular weight is 344 g/mol. The molecule has 0 bridgehead atoms. The van der Waals surface area contributed by atoms with Gasteiger partial charge in [-0.25, -0.2) is 4.98 Å². The van der Waals surface area contributed by atoms with Crippen molar-refractivity contribution < 1.29 is 12.6 Å². The van der Waals surface area contributed by atoms with E-state index in [9.17, 15) is 8.42 Å². The summed E-state index contributed by atoms with van der Waals surface area (Å²) < 4.78 is 29.4. The summed E-state index contributed by atoms with van der Waals surface area (Å²) in [5.41, 5.74) is 5.99. The summed E-state index contributed by atoms with van der Waals surface area (Å²) in [4.78, 5) is 4.76. The first-order chi connectivity index (χ1) is 11.3. The second kappa shape index (κ2) is 6.37. The van der Waals surface area contributed by atoms with Crippen molar-refractivity contribution in [2.45, 2.75) is 20.3 Å². The summed E-state index contributed by atoms with van der Waals surface area (Å²) in [5, 5.41) is 0. The number of rotatable bonds is 5. The van der Waals surface area contributed by atoms with Crippen molar-refractivity contribution in [2.24, 2.45) is 0 Å². The van der Waals surface area contributed by atoms with Crippen LogP contribution in [-0.2, 0) is 20.7 Å². The fourth-order valence-corrected chi connectivity index (χ4v) is 3.08. The molecule has 3 rings (SSSR count). The topological polar surface area (TPSA) is 60.7 Å². The number of hydrogen-bond acceptors (Lipinski definition) is 4. The molecule has 2 heterocycles. The molecule has 6 heteroatoms. The van der Waals surface area contributed by atoms with Gasteiger partial charge in [-0.05, 0) is 31.0 Å². The molecule has 0 aliphatic carbocycles. The second-order valence-electron chi connectivity index (χ2n) is 5.92. The fraction of sp³-hybridized carbons (Fsp3) is 0.278. The maximum atomic E-state index is 11.2. The molecule has 3 aromatic rings. The van der Waals surface area contributed by atoms with E-state index in [2.05, 4.69) is 6.92 Å². The van der Waals surface area contributed by atoms with Gasteiger partial charge in [-0.3, -0.25) is 4.18 Å². The first kappa shape index (κ1) is 16.7. The number of benzene rings is 1. The molecule has 24 heavy (non-hydrogen) atoms. The molecule has 0 amide bonds. The molecule has 0 spiro atoms. The number of hydrogen-bond donors (Lipinski definition) is 0. The van der Waals surface area contributed by atoms with Gasteiger partial charge in [-0.2, -0.15) is 8.42 Å². The van der Waals surface area contributed by atoms with Crippen molar-refractivity contribution >= 4 is 15.8 Å². The number of imidazole rings is 1. The lowest BCUT2D eigenvalue weighted by molar-refractivity contribution is 0.324. The Morgan fingerprint density at radius 2 is 1.83 bits per heavy atom. The minimum Gasteiger partial charge on any atom is -0.303 e. The van der Waals surface area contributed by atoms with Crippen molar-refractivity contribution in [3.8, 4) is 11.3 Å². The first-order valence-electron chi connectivity index (χ1n) is 7.73. The highest BCUT2D eigenvalue weighted by molar-refractivity contribution is 7.85. The Bertz CT molecular complexity index is 976. The highest BCUT2D eigenvalue weighted by atomic mass is 32.2. The van der Waals surface area contributed by atoms with Crippen LogP contribution in [-0.4, -0.2) is 30.7 Å². The molecular weight excluding hydrogens is 324 g/mol. The van der Waals surface area contributed by atoms with E-state index >= 15 is 0 Å². The molecule has 0 radical (unpaired) electrons. The third-order valence-electron chi connectivity index (χ3n) is 4.01. The van der Waals surface area contributed by atoms with Gasteiger partial charge in [-0.1, -0.05) is 30.3 Å². The van der Waals surface area contributed by atoms with Gasteiger partial charge in [0.05, 0.1) is 24.3 Å². The largest absolute Gasteiger partial charge is 0.303 e. The smallest absolute Gasteiger partial charge is 0.264 e. The molecule has 126 valence electrons. The van der Waals surface area contributed by atoms with Gasteiger partial charge >= 0.3 is 0 Å². The Kier molecular flexibility index (Phi) is 4.43. The predicted molar refractivity (Wildman–Crippen MR) is 94.6 cm³/mol. The molecule has 0 aliphatic heterocycles. The van der Waals surface area contributed by atoms with Crippen molar-refractivity contribution in [1.82, 2.24) is 9.38 Å². The van der Waals surface area contributed by atoms with Crippen molar-refractivity contribution in [3.63, 3.8) is 0 Å². The summed E-state index contributed by atoms with van der Waals surface area (Å²) in [7, 11) is -3.45. The van der Waals surface area contributed by atoms with E-state index in [0.29, 0.717) is 6.42 Å². The van der Waals surface area contributed by atoms with Crippen molar-refractivity contribution in [1.29, 1.82) is 0 Å². The third-order valence-corrected chi connectivity index (χ3v) is 4.61. The van der Waals surface area contributed by atoms with Crippen LogP contribution >= 0.6 is 0 Å². The van der Waals surface area contributed by atoms with Gasteiger partial charge in [0.1, 0.15) is 5.65 Å². The van der Waals surface area contributed by atoms with E-state index in [1.54, 1.807) is 0 Å². The van der Waals surface area contributed by atoms with E-state index in [0.717, 1.165) is 34.4 Å². The molecule has 5 nitrogen and oxygen atoms in total. The van der Waals surface area contributed by atoms with E-state index in [4.69, 9.17) is 9.17 Å². The summed E-state index contributed by atoms with van der Waals surface area (Å²) in [6, 6.07) is 11.9. The minimum atomic E-state index is -3.45. The van der Waals surface area contributed by atoms with Crippen LogP contribution in [0.15, 0.2) is 42.6 Å². The predicted octanol–water partition coefficient (Wildman–Crippen LogP) is 3.14. The zero-order valence-electron chi connectivity index (χ0n) is 14.0. The highest BCUT2D eigenvalue weighted by Crippen LogP contribution is 2.26. The van der Waals surface area contributed by atoms with Gasteiger partial charge in [0.2, 0.25) is 0 Å². The quantitative estimate of drug-likeness (QED) is 0.667. The number of pyridine rings is 1. The maximum Gasteiger partial charge on any atom is 0.264 e. The molecule has 2 aromatic heterocycles. The van der Waals surface area contributed by atoms with Crippen LogP contribution in [0.3, 0.4) is 0 Å². The number of aryl methyl sites for hydroxylation is 2. The van der Waals surface area contributed by atoms with E-state index in [-0.39, 0.29) is 6.61 Å². The van der Waals surface area contributed by atoms with Crippen LogP contribution in [0.1, 0.15) is 16.8 Å². The van der Waals surface area contributed by atoms with Gasteiger partial charge in [0.15, 0.2) is 0 Å². The number of fused-ring (bicyclic) bond motifs is 1. The van der Waals surface area contributed by atoms with Crippen molar-refractivity contribution in [3.05, 3.63) is 59.4 Å². The summed E-state index contributed by atoms with van der Waals surface area (Å²) >= 11 is 0. The van der Waals surface area contributed by atoms with Crippen LogP contribution in [0, 0.1) is 13.8 Å². The van der Waals surface area contributed by atoms with E-state index < -0.39 is 10.1 Å². The lowest BCUT2D eigenvalue weighted by Crippen LogP contribution is -2.08. The van der Waals surface area contributed by atoms with Gasteiger partial charge in [0, 0.05) is 18.2 Å². The normalized spacial score (nSPS) is 12.0. The van der Waals surface area contributed by atoms with Crippen LogP contribution in [0.2, 0.25) is 0 Å². The Morgan fingerprint density at radius 1 is 1.12 bits per heavy atom. The molecule has 0 saturated carbocycles. The molecule has 0 fully saturated rings. The summed E-state index contributed by atoms with van der Waals surface area (Å²) in [6.07, 6.45) is 3.56. The van der Waals surface area contributed by atoms with Gasteiger partial charge in [-0.15, -0.1) is 0 Å². The fourth-order valence-electron chi connectivity index (χ4n) is 2.69. The minimum absolute atomic E-state index is 0.0966. The Morgan fingerprint density at radius 3 is 2.50 bits per heavy atom. The molecular formula is C18H20N2O3S. The summed E-state index contributed by atoms with van der Waals surface area (Å²) in [5.74, 6) is 0. The molecule has 0 unspecified atom stereocenters. The molecule has 0 atom stereocenters.